The van der Waals surface area contributed by atoms with E-state index in [-0.39, 0.29) is 19.0 Å². The Morgan fingerprint density at radius 3 is 1.94 bits per heavy atom. The van der Waals surface area contributed by atoms with Crippen LogP contribution in [0.3, 0.4) is 0 Å². The first-order valence-corrected chi connectivity index (χ1v) is 14.1. The van der Waals surface area contributed by atoms with Gasteiger partial charge in [-0.15, -0.1) is 0 Å². The van der Waals surface area contributed by atoms with Gasteiger partial charge in [0.25, 0.3) is 0 Å². The number of sulfonamides is 1. The van der Waals surface area contributed by atoms with Gasteiger partial charge in [0.1, 0.15) is 0 Å². The molecule has 0 aromatic heterocycles. The van der Waals surface area contributed by atoms with Crippen LogP contribution >= 0.6 is 0 Å². The van der Waals surface area contributed by atoms with E-state index in [1.54, 1.807) is 0 Å². The Hall–Kier alpha value is -2.96. The van der Waals surface area contributed by atoms with Gasteiger partial charge in [0, 0.05) is 19.6 Å². The first-order valence-electron chi connectivity index (χ1n) is 12.7. The second kappa shape index (κ2) is 11.4. The van der Waals surface area contributed by atoms with Gasteiger partial charge in [-0.05, 0) is 68.2 Å². The predicted octanol–water partition coefficient (Wildman–Crippen LogP) is 5.28. The van der Waals surface area contributed by atoms with Crippen LogP contribution < -0.4 is 0 Å². The summed E-state index contributed by atoms with van der Waals surface area (Å²) in [7, 11) is -3.88. The predicted molar refractivity (Wildman–Crippen MR) is 144 cm³/mol. The molecule has 1 aliphatic rings. The van der Waals surface area contributed by atoms with E-state index in [0.29, 0.717) is 35.0 Å². The van der Waals surface area contributed by atoms with Crippen LogP contribution in [0.5, 0.6) is 0 Å². The first-order chi connectivity index (χ1) is 17.2. The number of piperidine rings is 1. The van der Waals surface area contributed by atoms with E-state index in [9.17, 15) is 13.2 Å². The molecule has 36 heavy (non-hydrogen) atoms. The zero-order valence-electron chi connectivity index (χ0n) is 21.5. The average molecular weight is 505 g/mol. The summed E-state index contributed by atoms with van der Waals surface area (Å²) in [5, 5.41) is 0. The molecule has 0 atom stereocenters. The zero-order chi connectivity index (χ0) is 25.7. The maximum absolute atomic E-state index is 13.9. The summed E-state index contributed by atoms with van der Waals surface area (Å²) in [5.74, 6) is 0.411. The maximum atomic E-state index is 13.9. The molecule has 1 aliphatic heterocycles. The lowest BCUT2D eigenvalue weighted by atomic mass is 9.90. The van der Waals surface area contributed by atoms with Crippen LogP contribution in [0.4, 0.5) is 0 Å². The van der Waals surface area contributed by atoms with Crippen molar-refractivity contribution < 1.29 is 13.2 Å². The first kappa shape index (κ1) is 26.1. The summed E-state index contributed by atoms with van der Waals surface area (Å²) in [6.45, 7) is 6.94. The van der Waals surface area contributed by atoms with Crippen molar-refractivity contribution in [3.63, 3.8) is 0 Å². The van der Waals surface area contributed by atoms with Crippen LogP contribution in [0.15, 0.2) is 77.7 Å². The lowest BCUT2D eigenvalue weighted by Crippen LogP contribution is -2.46. The fourth-order valence-electron chi connectivity index (χ4n) is 5.30. The van der Waals surface area contributed by atoms with Gasteiger partial charge in [0.05, 0.1) is 11.4 Å². The van der Waals surface area contributed by atoms with Gasteiger partial charge in [0.2, 0.25) is 15.9 Å². The Labute approximate surface area is 215 Å². The quantitative estimate of drug-likeness (QED) is 0.419. The molecule has 0 bridgehead atoms. The number of carbonyl (C=O) groups excluding carboxylic acids is 1. The minimum atomic E-state index is -3.88. The highest BCUT2D eigenvalue weighted by Crippen LogP contribution is 2.27. The summed E-state index contributed by atoms with van der Waals surface area (Å²) in [5.41, 5.74) is 4.62. The maximum Gasteiger partial charge on any atom is 0.244 e. The summed E-state index contributed by atoms with van der Waals surface area (Å²) in [4.78, 5) is 15.5. The molecule has 0 saturated carbocycles. The topological polar surface area (TPSA) is 57.7 Å². The van der Waals surface area contributed by atoms with Crippen molar-refractivity contribution in [1.82, 2.24) is 9.21 Å². The van der Waals surface area contributed by atoms with Crippen molar-refractivity contribution in [3.05, 3.63) is 101 Å². The van der Waals surface area contributed by atoms with Crippen LogP contribution in [0.1, 0.15) is 40.7 Å². The van der Waals surface area contributed by atoms with Crippen molar-refractivity contribution in [2.45, 2.75) is 51.5 Å². The number of nitrogens with zero attached hydrogens (tertiary/aromatic N) is 2. The molecule has 1 saturated heterocycles. The third-order valence-corrected chi connectivity index (χ3v) is 9.15. The van der Waals surface area contributed by atoms with Gasteiger partial charge < -0.3 is 4.90 Å². The normalized spacial score (nSPS) is 14.8. The number of aryl methyl sites for hydroxylation is 3. The summed E-state index contributed by atoms with van der Waals surface area (Å²) < 4.78 is 29.2. The number of hydrogen-bond donors (Lipinski definition) is 0. The highest BCUT2D eigenvalue weighted by atomic mass is 32.2. The number of carbonyl (C=O) groups is 1. The highest BCUT2D eigenvalue weighted by Gasteiger charge is 2.32. The molecule has 1 fully saturated rings. The number of benzene rings is 3. The van der Waals surface area contributed by atoms with E-state index in [0.717, 1.165) is 30.4 Å². The molecule has 5 nitrogen and oxygen atoms in total. The number of rotatable bonds is 8. The van der Waals surface area contributed by atoms with Crippen LogP contribution in [-0.4, -0.2) is 43.2 Å². The van der Waals surface area contributed by atoms with Gasteiger partial charge in [0.15, 0.2) is 0 Å². The lowest BCUT2D eigenvalue weighted by molar-refractivity contribution is -0.132. The minimum Gasteiger partial charge on any atom is -0.342 e. The molecule has 4 rings (SSSR count). The van der Waals surface area contributed by atoms with Gasteiger partial charge in [-0.25, -0.2) is 8.42 Å². The van der Waals surface area contributed by atoms with Crippen LogP contribution in [0.2, 0.25) is 0 Å². The second-order valence-electron chi connectivity index (χ2n) is 10.0. The van der Waals surface area contributed by atoms with Crippen molar-refractivity contribution >= 4 is 15.9 Å². The Kier molecular flexibility index (Phi) is 8.27. The van der Waals surface area contributed by atoms with Gasteiger partial charge in [-0.2, -0.15) is 4.31 Å². The molecular weight excluding hydrogens is 468 g/mol. The van der Waals surface area contributed by atoms with Crippen molar-refractivity contribution in [3.8, 4) is 0 Å². The molecule has 0 spiro atoms. The summed E-state index contributed by atoms with van der Waals surface area (Å²) >= 11 is 0. The SMILES string of the molecule is Cc1cc(C)c(S(=O)(=O)N(CC(=O)N2CCC(Cc3ccccc3)CC2)Cc2ccccc2)c(C)c1. The standard InChI is InChI=1S/C30H36N2O3S/c1-23-18-24(2)30(25(3)19-23)36(34,35)32(21-28-12-8-5-9-13-28)22-29(33)31-16-14-27(15-17-31)20-26-10-6-4-7-11-26/h4-13,18-19,27H,14-17,20-22H2,1-3H3. The van der Waals surface area contributed by atoms with Crippen molar-refractivity contribution in [1.29, 1.82) is 0 Å². The van der Waals surface area contributed by atoms with E-state index in [2.05, 4.69) is 24.3 Å². The molecule has 6 heteroatoms. The average Bonchev–Trinajstić information content (AvgIpc) is 2.84. The molecule has 0 N–H and O–H groups in total. The molecular formula is C30H36N2O3S. The molecule has 3 aromatic rings. The Morgan fingerprint density at radius 1 is 0.861 bits per heavy atom. The molecule has 0 radical (unpaired) electrons. The summed E-state index contributed by atoms with van der Waals surface area (Å²) in [6.07, 6.45) is 2.88. The molecule has 1 heterocycles. The van der Waals surface area contributed by atoms with Crippen LogP contribution in [-0.2, 0) is 27.8 Å². The van der Waals surface area contributed by atoms with E-state index < -0.39 is 10.0 Å². The van der Waals surface area contributed by atoms with E-state index in [1.807, 2.05) is 74.2 Å². The second-order valence-corrected chi connectivity index (χ2v) is 11.9. The molecule has 0 aliphatic carbocycles. The summed E-state index contributed by atoms with van der Waals surface area (Å²) in [6, 6.07) is 23.7. The lowest BCUT2D eigenvalue weighted by Gasteiger charge is -2.34. The minimum absolute atomic E-state index is 0.130. The monoisotopic (exact) mass is 504 g/mol. The Balaban J connectivity index is 1.50. The van der Waals surface area contributed by atoms with Crippen molar-refractivity contribution in [2.24, 2.45) is 5.92 Å². The van der Waals surface area contributed by atoms with Crippen LogP contribution in [0, 0.1) is 26.7 Å². The Morgan fingerprint density at radius 2 is 1.39 bits per heavy atom. The molecule has 190 valence electrons. The van der Waals surface area contributed by atoms with Crippen LogP contribution in [0.25, 0.3) is 0 Å². The smallest absolute Gasteiger partial charge is 0.244 e. The van der Waals surface area contributed by atoms with Gasteiger partial charge in [-0.1, -0.05) is 78.4 Å². The fraction of sp³-hybridized carbons (Fsp3) is 0.367. The number of amides is 1. The van der Waals surface area contributed by atoms with Crippen molar-refractivity contribution in [2.75, 3.05) is 19.6 Å². The van der Waals surface area contributed by atoms with Gasteiger partial charge >= 0.3 is 0 Å². The highest BCUT2D eigenvalue weighted by molar-refractivity contribution is 7.89. The Bertz CT molecular complexity index is 1260. The van der Waals surface area contributed by atoms with E-state index in [1.165, 1.54) is 9.87 Å². The molecule has 3 aromatic carbocycles. The zero-order valence-corrected chi connectivity index (χ0v) is 22.3. The van der Waals surface area contributed by atoms with Gasteiger partial charge in [-0.3, -0.25) is 4.79 Å². The third-order valence-electron chi connectivity index (χ3n) is 7.05. The fourth-order valence-corrected chi connectivity index (χ4v) is 7.09. The number of hydrogen-bond acceptors (Lipinski definition) is 3. The molecule has 1 amide bonds. The number of likely N-dealkylation sites (tertiary alicyclic amines) is 1. The third kappa shape index (κ3) is 6.23. The largest absolute Gasteiger partial charge is 0.342 e. The molecule has 0 unspecified atom stereocenters. The van der Waals surface area contributed by atoms with E-state index >= 15 is 0 Å². The van der Waals surface area contributed by atoms with E-state index in [4.69, 9.17) is 0 Å².